The zero-order valence-electron chi connectivity index (χ0n) is 11.7. The van der Waals surface area contributed by atoms with E-state index < -0.39 is 10.0 Å². The molecule has 1 aromatic heterocycles. The Morgan fingerprint density at radius 1 is 1.25 bits per heavy atom. The molecule has 0 radical (unpaired) electrons. The fourth-order valence-corrected chi connectivity index (χ4v) is 3.66. The Bertz CT molecular complexity index is 693. The molecule has 5 nitrogen and oxygen atoms in total. The van der Waals surface area contributed by atoms with Crippen molar-refractivity contribution in [1.82, 2.24) is 4.72 Å². The van der Waals surface area contributed by atoms with Gasteiger partial charge in [-0.2, -0.15) is 0 Å². The van der Waals surface area contributed by atoms with E-state index in [9.17, 15) is 8.42 Å². The van der Waals surface area contributed by atoms with Crippen molar-refractivity contribution in [2.45, 2.75) is 32.2 Å². The maximum Gasteiger partial charge on any atom is 0.241 e. The van der Waals surface area contributed by atoms with Gasteiger partial charge in [-0.15, -0.1) is 0 Å². The summed E-state index contributed by atoms with van der Waals surface area (Å²) in [5.41, 5.74) is 8.48. The lowest BCUT2D eigenvalue weighted by atomic mass is 10.1. The summed E-state index contributed by atoms with van der Waals surface area (Å²) < 4.78 is 32.6. The van der Waals surface area contributed by atoms with Gasteiger partial charge in [0.2, 0.25) is 10.0 Å². The van der Waals surface area contributed by atoms with Crippen LogP contribution in [0.1, 0.15) is 22.5 Å². The van der Waals surface area contributed by atoms with Crippen molar-refractivity contribution in [2.75, 3.05) is 5.73 Å². The van der Waals surface area contributed by atoms with Crippen molar-refractivity contribution < 1.29 is 12.8 Å². The number of sulfonamides is 1. The molecule has 1 heterocycles. The van der Waals surface area contributed by atoms with E-state index in [2.05, 4.69) is 4.72 Å². The summed E-state index contributed by atoms with van der Waals surface area (Å²) in [5.74, 6) is 0.560. The molecule has 108 valence electrons. The SMILES string of the molecule is Cc1cc(N)c(C)c(S(=O)(=O)NCc2ccco2)c1C. The zero-order valence-corrected chi connectivity index (χ0v) is 12.5. The molecule has 2 rings (SSSR count). The minimum atomic E-state index is -3.63. The fraction of sp³-hybridized carbons (Fsp3) is 0.286. The molecule has 0 aliphatic carbocycles. The smallest absolute Gasteiger partial charge is 0.241 e. The van der Waals surface area contributed by atoms with Gasteiger partial charge in [-0.3, -0.25) is 0 Å². The number of hydrogen-bond donors (Lipinski definition) is 2. The molecule has 0 bridgehead atoms. The van der Waals surface area contributed by atoms with Crippen LogP contribution in [-0.4, -0.2) is 8.42 Å². The van der Waals surface area contributed by atoms with Crippen LogP contribution in [0, 0.1) is 20.8 Å². The average Bonchev–Trinajstić information content (AvgIpc) is 2.87. The van der Waals surface area contributed by atoms with Gasteiger partial charge in [0.15, 0.2) is 0 Å². The van der Waals surface area contributed by atoms with Crippen LogP contribution in [0.5, 0.6) is 0 Å². The summed E-state index contributed by atoms with van der Waals surface area (Å²) in [6.07, 6.45) is 1.50. The Morgan fingerprint density at radius 2 is 1.95 bits per heavy atom. The Hall–Kier alpha value is -1.79. The molecule has 20 heavy (non-hydrogen) atoms. The molecule has 2 aromatic rings. The summed E-state index contributed by atoms with van der Waals surface area (Å²) in [5, 5.41) is 0. The van der Waals surface area contributed by atoms with E-state index in [-0.39, 0.29) is 11.4 Å². The third-order valence-electron chi connectivity index (χ3n) is 3.36. The summed E-state index contributed by atoms with van der Waals surface area (Å²) in [6.45, 7) is 5.45. The van der Waals surface area contributed by atoms with E-state index in [1.165, 1.54) is 6.26 Å². The molecule has 0 atom stereocenters. The normalized spacial score (nSPS) is 11.8. The number of anilines is 1. The standard InChI is InChI=1S/C14H18N2O3S/c1-9-7-13(15)11(3)14(10(9)2)20(17,18)16-8-12-5-4-6-19-12/h4-7,16H,8,15H2,1-3H3. The minimum absolute atomic E-state index is 0.113. The van der Waals surface area contributed by atoms with Gasteiger partial charge in [0.1, 0.15) is 5.76 Å². The van der Waals surface area contributed by atoms with Gasteiger partial charge in [-0.1, -0.05) is 0 Å². The number of nitrogens with two attached hydrogens (primary N) is 1. The van der Waals surface area contributed by atoms with Gasteiger partial charge in [-0.05, 0) is 55.7 Å². The molecule has 3 N–H and O–H groups in total. The molecule has 0 amide bonds. The van der Waals surface area contributed by atoms with Crippen molar-refractivity contribution in [2.24, 2.45) is 0 Å². The Kier molecular flexibility index (Phi) is 3.87. The first-order chi connectivity index (χ1) is 9.33. The number of furan rings is 1. The third kappa shape index (κ3) is 2.71. The largest absolute Gasteiger partial charge is 0.468 e. The van der Waals surface area contributed by atoms with E-state index in [0.717, 1.165) is 5.56 Å². The van der Waals surface area contributed by atoms with Crippen LogP contribution in [0.15, 0.2) is 33.8 Å². The van der Waals surface area contributed by atoms with Crippen molar-refractivity contribution >= 4 is 15.7 Å². The van der Waals surface area contributed by atoms with Crippen LogP contribution in [-0.2, 0) is 16.6 Å². The molecule has 0 saturated heterocycles. The number of aryl methyl sites for hydroxylation is 1. The monoisotopic (exact) mass is 294 g/mol. The first-order valence-corrected chi connectivity index (χ1v) is 7.69. The van der Waals surface area contributed by atoms with Gasteiger partial charge < -0.3 is 10.2 Å². The summed E-state index contributed by atoms with van der Waals surface area (Å²) in [4.78, 5) is 0.251. The minimum Gasteiger partial charge on any atom is -0.468 e. The summed E-state index contributed by atoms with van der Waals surface area (Å²) >= 11 is 0. The molecule has 0 fully saturated rings. The van der Waals surface area contributed by atoms with Gasteiger partial charge in [0.25, 0.3) is 0 Å². The second kappa shape index (κ2) is 5.30. The van der Waals surface area contributed by atoms with Crippen LogP contribution in [0.3, 0.4) is 0 Å². The number of nitrogen functional groups attached to an aromatic ring is 1. The lowest BCUT2D eigenvalue weighted by Gasteiger charge is -2.15. The molecular formula is C14H18N2O3S. The molecule has 0 saturated carbocycles. The molecular weight excluding hydrogens is 276 g/mol. The fourth-order valence-electron chi connectivity index (χ4n) is 2.10. The molecule has 0 spiro atoms. The van der Waals surface area contributed by atoms with Crippen molar-refractivity contribution in [3.05, 3.63) is 46.9 Å². The van der Waals surface area contributed by atoms with Gasteiger partial charge >= 0.3 is 0 Å². The number of nitrogens with one attached hydrogen (secondary N) is 1. The van der Waals surface area contributed by atoms with E-state index in [1.807, 2.05) is 6.92 Å². The van der Waals surface area contributed by atoms with Crippen molar-refractivity contribution in [1.29, 1.82) is 0 Å². The molecule has 6 heteroatoms. The third-order valence-corrected chi connectivity index (χ3v) is 5.04. The Labute approximate surface area is 118 Å². The maximum absolute atomic E-state index is 12.5. The van der Waals surface area contributed by atoms with E-state index in [1.54, 1.807) is 32.0 Å². The molecule has 1 aromatic carbocycles. The number of benzene rings is 1. The Balaban J connectivity index is 2.39. The second-order valence-corrected chi connectivity index (χ2v) is 6.47. The highest BCUT2D eigenvalue weighted by Crippen LogP contribution is 2.27. The average molecular weight is 294 g/mol. The van der Waals surface area contributed by atoms with Crippen LogP contribution < -0.4 is 10.5 Å². The maximum atomic E-state index is 12.5. The number of rotatable bonds is 4. The highest BCUT2D eigenvalue weighted by Gasteiger charge is 2.22. The quantitative estimate of drug-likeness (QED) is 0.847. The molecule has 0 unspecified atom stereocenters. The van der Waals surface area contributed by atoms with Crippen LogP contribution in [0.25, 0.3) is 0 Å². The van der Waals surface area contributed by atoms with E-state index in [0.29, 0.717) is 22.6 Å². The predicted octanol–water partition coefficient (Wildman–Crippen LogP) is 2.27. The van der Waals surface area contributed by atoms with Crippen LogP contribution in [0.4, 0.5) is 5.69 Å². The highest BCUT2D eigenvalue weighted by atomic mass is 32.2. The van der Waals surface area contributed by atoms with Crippen LogP contribution in [0.2, 0.25) is 0 Å². The second-order valence-electron chi connectivity index (χ2n) is 4.77. The molecule has 0 aliphatic heterocycles. The first-order valence-electron chi connectivity index (χ1n) is 6.21. The van der Waals surface area contributed by atoms with Gasteiger partial charge in [0, 0.05) is 5.69 Å². The Morgan fingerprint density at radius 3 is 2.55 bits per heavy atom. The topological polar surface area (TPSA) is 85.3 Å². The van der Waals surface area contributed by atoms with Gasteiger partial charge in [0.05, 0.1) is 17.7 Å². The lowest BCUT2D eigenvalue weighted by molar-refractivity contribution is 0.498. The summed E-state index contributed by atoms with van der Waals surface area (Å²) in [7, 11) is -3.63. The number of hydrogen-bond acceptors (Lipinski definition) is 4. The van der Waals surface area contributed by atoms with E-state index in [4.69, 9.17) is 10.2 Å². The summed E-state index contributed by atoms with van der Waals surface area (Å²) in [6, 6.07) is 5.22. The lowest BCUT2D eigenvalue weighted by Crippen LogP contribution is -2.25. The van der Waals surface area contributed by atoms with Gasteiger partial charge in [-0.25, -0.2) is 13.1 Å². The van der Waals surface area contributed by atoms with Crippen molar-refractivity contribution in [3.8, 4) is 0 Å². The predicted molar refractivity (Wildman–Crippen MR) is 77.8 cm³/mol. The first kappa shape index (κ1) is 14.6. The van der Waals surface area contributed by atoms with Crippen LogP contribution >= 0.6 is 0 Å². The highest BCUT2D eigenvalue weighted by molar-refractivity contribution is 7.89. The van der Waals surface area contributed by atoms with Crippen molar-refractivity contribution in [3.63, 3.8) is 0 Å². The zero-order chi connectivity index (χ0) is 14.9. The molecule has 0 aliphatic rings. The van der Waals surface area contributed by atoms with E-state index >= 15 is 0 Å².